The van der Waals surface area contributed by atoms with E-state index in [9.17, 15) is 0 Å². The maximum atomic E-state index is 5.43. The number of nitrogens with two attached hydrogens (primary N) is 1. The average Bonchev–Trinajstić information content (AvgIpc) is 2.05. The summed E-state index contributed by atoms with van der Waals surface area (Å²) in [5.41, 5.74) is 7.39. The van der Waals surface area contributed by atoms with Gasteiger partial charge in [0.05, 0.1) is 5.69 Å². The van der Waals surface area contributed by atoms with E-state index < -0.39 is 0 Å². The van der Waals surface area contributed by atoms with E-state index in [1.165, 1.54) is 0 Å². The lowest BCUT2D eigenvalue weighted by atomic mass is 10.1. The van der Waals surface area contributed by atoms with Crippen LogP contribution in [0.15, 0.2) is 12.4 Å². The Balaban J connectivity index is 2.91. The highest BCUT2D eigenvalue weighted by Crippen LogP contribution is 2.10. The summed E-state index contributed by atoms with van der Waals surface area (Å²) in [5, 5.41) is 0. The second-order valence-electron chi connectivity index (χ2n) is 2.79. The Kier molecular flexibility index (Phi) is 2.54. The minimum Gasteiger partial charge on any atom is -0.325 e. The monoisotopic (exact) mass is 151 g/mol. The van der Waals surface area contributed by atoms with Gasteiger partial charge in [0.25, 0.3) is 0 Å². The summed E-state index contributed by atoms with van der Waals surface area (Å²) in [6.45, 7) is 4.69. The van der Waals surface area contributed by atoms with Crippen molar-refractivity contribution < 1.29 is 0 Å². The van der Waals surface area contributed by atoms with Crippen LogP contribution in [0.25, 0.3) is 0 Å². The molecule has 1 heterocycles. The van der Waals surface area contributed by atoms with Crippen molar-refractivity contribution >= 4 is 0 Å². The first-order chi connectivity index (χ1) is 5.24. The van der Waals surface area contributed by atoms with Gasteiger partial charge in [0.15, 0.2) is 0 Å². The Morgan fingerprint density at radius 2 is 2.18 bits per heavy atom. The normalized spacial score (nSPS) is 10.5. The molecular weight excluding hydrogens is 138 g/mol. The van der Waals surface area contributed by atoms with Crippen LogP contribution in [0.4, 0.5) is 0 Å². The summed E-state index contributed by atoms with van der Waals surface area (Å²) >= 11 is 0. The van der Waals surface area contributed by atoms with E-state index in [0.29, 0.717) is 12.5 Å². The maximum Gasteiger partial charge on any atom is 0.115 e. The number of rotatable bonds is 2. The first-order valence-electron chi connectivity index (χ1n) is 3.75. The van der Waals surface area contributed by atoms with Crippen LogP contribution in [0.2, 0.25) is 0 Å². The molecule has 0 aliphatic rings. The van der Waals surface area contributed by atoms with Gasteiger partial charge in [0.1, 0.15) is 6.33 Å². The molecule has 3 nitrogen and oxygen atoms in total. The molecule has 0 bridgehead atoms. The molecule has 3 heteroatoms. The lowest BCUT2D eigenvalue weighted by Crippen LogP contribution is -2.02. The summed E-state index contributed by atoms with van der Waals surface area (Å²) in [5.74, 6) is 0.447. The van der Waals surface area contributed by atoms with E-state index in [1.807, 2.05) is 6.07 Å². The van der Waals surface area contributed by atoms with Crippen LogP contribution < -0.4 is 5.73 Å². The second-order valence-corrected chi connectivity index (χ2v) is 2.79. The summed E-state index contributed by atoms with van der Waals surface area (Å²) < 4.78 is 0. The summed E-state index contributed by atoms with van der Waals surface area (Å²) in [6.07, 6.45) is 1.57. The molecule has 0 saturated heterocycles. The molecule has 0 fully saturated rings. The van der Waals surface area contributed by atoms with Crippen molar-refractivity contribution in [3.8, 4) is 0 Å². The van der Waals surface area contributed by atoms with Gasteiger partial charge in [-0.2, -0.15) is 0 Å². The predicted molar refractivity (Wildman–Crippen MR) is 44.0 cm³/mol. The maximum absolute atomic E-state index is 5.43. The topological polar surface area (TPSA) is 51.8 Å². The van der Waals surface area contributed by atoms with Crippen molar-refractivity contribution in [3.63, 3.8) is 0 Å². The van der Waals surface area contributed by atoms with Gasteiger partial charge in [-0.15, -0.1) is 0 Å². The molecule has 11 heavy (non-hydrogen) atoms. The Bertz CT molecular complexity index is 233. The Hall–Kier alpha value is -0.960. The Morgan fingerprint density at radius 1 is 1.45 bits per heavy atom. The highest BCUT2D eigenvalue weighted by atomic mass is 14.8. The van der Waals surface area contributed by atoms with Gasteiger partial charge in [-0.3, -0.25) is 0 Å². The molecule has 0 radical (unpaired) electrons. The number of aromatic nitrogens is 2. The van der Waals surface area contributed by atoms with E-state index in [-0.39, 0.29) is 0 Å². The minimum absolute atomic E-state index is 0.447. The van der Waals surface area contributed by atoms with Crippen molar-refractivity contribution in [2.75, 3.05) is 0 Å². The summed E-state index contributed by atoms with van der Waals surface area (Å²) in [6, 6.07) is 1.95. The molecule has 0 amide bonds. The predicted octanol–water partition coefficient (Wildman–Crippen LogP) is 1.06. The van der Waals surface area contributed by atoms with Gasteiger partial charge in [0, 0.05) is 12.2 Å². The molecule has 0 unspecified atom stereocenters. The standard InChI is InChI=1S/C8H13N3/c1-6(2)8-3-7(4-9)10-5-11-8/h3,5-6H,4,9H2,1-2H3. The van der Waals surface area contributed by atoms with E-state index in [0.717, 1.165) is 11.4 Å². The lowest BCUT2D eigenvalue weighted by Gasteiger charge is -2.03. The molecule has 2 N–H and O–H groups in total. The van der Waals surface area contributed by atoms with E-state index >= 15 is 0 Å². The average molecular weight is 151 g/mol. The Morgan fingerprint density at radius 3 is 2.73 bits per heavy atom. The number of nitrogens with zero attached hydrogens (tertiary/aromatic N) is 2. The van der Waals surface area contributed by atoms with Crippen LogP contribution in [-0.4, -0.2) is 9.97 Å². The van der Waals surface area contributed by atoms with Gasteiger partial charge in [-0.05, 0) is 12.0 Å². The molecule has 0 atom stereocenters. The SMILES string of the molecule is CC(C)c1cc(CN)ncn1. The second kappa shape index (κ2) is 3.44. The van der Waals surface area contributed by atoms with Crippen LogP contribution in [-0.2, 0) is 6.54 Å². The first kappa shape index (κ1) is 8.14. The van der Waals surface area contributed by atoms with Crippen molar-refractivity contribution in [1.29, 1.82) is 0 Å². The molecule has 0 aliphatic carbocycles. The van der Waals surface area contributed by atoms with Crippen LogP contribution in [0, 0.1) is 0 Å². The fourth-order valence-electron chi connectivity index (χ4n) is 0.842. The molecule has 1 aromatic rings. The third-order valence-electron chi connectivity index (χ3n) is 1.55. The fourth-order valence-corrected chi connectivity index (χ4v) is 0.842. The third kappa shape index (κ3) is 1.98. The van der Waals surface area contributed by atoms with Crippen molar-refractivity contribution in [2.24, 2.45) is 5.73 Å². The van der Waals surface area contributed by atoms with Crippen molar-refractivity contribution in [1.82, 2.24) is 9.97 Å². The van der Waals surface area contributed by atoms with Crippen molar-refractivity contribution in [2.45, 2.75) is 26.3 Å². The molecule has 0 spiro atoms. The molecule has 1 aromatic heterocycles. The quantitative estimate of drug-likeness (QED) is 0.687. The highest BCUT2D eigenvalue weighted by molar-refractivity contribution is 5.10. The zero-order chi connectivity index (χ0) is 8.27. The van der Waals surface area contributed by atoms with Gasteiger partial charge in [-0.1, -0.05) is 13.8 Å². The number of hydrogen-bond donors (Lipinski definition) is 1. The van der Waals surface area contributed by atoms with Crippen molar-refractivity contribution in [3.05, 3.63) is 23.8 Å². The first-order valence-corrected chi connectivity index (χ1v) is 3.75. The van der Waals surface area contributed by atoms with E-state index in [1.54, 1.807) is 6.33 Å². The number of hydrogen-bond acceptors (Lipinski definition) is 3. The Labute approximate surface area is 66.7 Å². The smallest absolute Gasteiger partial charge is 0.115 e. The zero-order valence-electron chi connectivity index (χ0n) is 6.91. The van der Waals surface area contributed by atoms with Gasteiger partial charge < -0.3 is 5.73 Å². The largest absolute Gasteiger partial charge is 0.325 e. The highest BCUT2D eigenvalue weighted by Gasteiger charge is 2.00. The van der Waals surface area contributed by atoms with Crippen LogP contribution in [0.3, 0.4) is 0 Å². The van der Waals surface area contributed by atoms with E-state index in [2.05, 4.69) is 23.8 Å². The van der Waals surface area contributed by atoms with E-state index in [4.69, 9.17) is 5.73 Å². The molecule has 60 valence electrons. The molecule has 0 aromatic carbocycles. The van der Waals surface area contributed by atoms with Gasteiger partial charge >= 0.3 is 0 Å². The molecule has 1 rings (SSSR count). The molecule has 0 aliphatic heterocycles. The third-order valence-corrected chi connectivity index (χ3v) is 1.55. The lowest BCUT2D eigenvalue weighted by molar-refractivity contribution is 0.800. The fraction of sp³-hybridized carbons (Fsp3) is 0.500. The van der Waals surface area contributed by atoms with Crippen LogP contribution in [0.5, 0.6) is 0 Å². The molecule has 0 saturated carbocycles. The summed E-state index contributed by atoms with van der Waals surface area (Å²) in [4.78, 5) is 8.12. The van der Waals surface area contributed by atoms with Crippen LogP contribution in [0.1, 0.15) is 31.2 Å². The minimum atomic E-state index is 0.447. The summed E-state index contributed by atoms with van der Waals surface area (Å²) in [7, 11) is 0. The molecular formula is C8H13N3. The van der Waals surface area contributed by atoms with Gasteiger partial charge in [0.2, 0.25) is 0 Å². The van der Waals surface area contributed by atoms with Gasteiger partial charge in [-0.25, -0.2) is 9.97 Å². The van der Waals surface area contributed by atoms with Crippen LogP contribution >= 0.6 is 0 Å². The zero-order valence-corrected chi connectivity index (χ0v) is 6.91.